The number of carbonyl (C=O) groups is 1. The van der Waals surface area contributed by atoms with Gasteiger partial charge in [0.2, 0.25) is 0 Å². The molecule has 3 N–H and O–H groups in total. The van der Waals surface area contributed by atoms with Crippen molar-refractivity contribution in [2.75, 3.05) is 0 Å². The lowest BCUT2D eigenvalue weighted by atomic mass is 9.96. The van der Waals surface area contributed by atoms with Gasteiger partial charge in [-0.15, -0.1) is 4.83 Å². The summed E-state index contributed by atoms with van der Waals surface area (Å²) in [5.41, 5.74) is 2.18. The maximum absolute atomic E-state index is 11.9. The third kappa shape index (κ3) is 4.21. The summed E-state index contributed by atoms with van der Waals surface area (Å²) in [4.78, 5) is 13.8. The van der Waals surface area contributed by atoms with Crippen molar-refractivity contribution < 1.29 is 13.2 Å². The van der Waals surface area contributed by atoms with E-state index in [1.165, 1.54) is 18.6 Å². The Morgan fingerprint density at radius 3 is 2.35 bits per heavy atom. The van der Waals surface area contributed by atoms with Crippen LogP contribution in [0.15, 0.2) is 35.2 Å². The van der Waals surface area contributed by atoms with Crippen molar-refractivity contribution in [3.8, 4) is 0 Å². The van der Waals surface area contributed by atoms with Gasteiger partial charge in [-0.25, -0.2) is 13.2 Å². The van der Waals surface area contributed by atoms with E-state index in [2.05, 4.69) is 15.6 Å². The molecule has 1 aliphatic carbocycles. The molecule has 0 spiro atoms. The van der Waals surface area contributed by atoms with Crippen LogP contribution >= 0.6 is 0 Å². The van der Waals surface area contributed by atoms with Crippen LogP contribution < -0.4 is 15.6 Å². The van der Waals surface area contributed by atoms with Crippen LogP contribution in [0.25, 0.3) is 0 Å². The van der Waals surface area contributed by atoms with Crippen LogP contribution in [0, 0.1) is 0 Å². The van der Waals surface area contributed by atoms with E-state index in [0.717, 1.165) is 25.7 Å². The molecule has 1 aromatic rings. The van der Waals surface area contributed by atoms with Gasteiger partial charge < -0.3 is 5.32 Å². The molecule has 110 valence electrons. The van der Waals surface area contributed by atoms with Gasteiger partial charge in [-0.1, -0.05) is 37.5 Å². The van der Waals surface area contributed by atoms with Crippen LogP contribution in [-0.2, 0) is 10.0 Å². The van der Waals surface area contributed by atoms with Gasteiger partial charge in [0.15, 0.2) is 0 Å². The van der Waals surface area contributed by atoms with E-state index < -0.39 is 16.1 Å². The van der Waals surface area contributed by atoms with Gasteiger partial charge in [-0.2, -0.15) is 0 Å². The molecule has 1 aliphatic rings. The van der Waals surface area contributed by atoms with E-state index in [1.54, 1.807) is 18.2 Å². The Kier molecular flexibility index (Phi) is 4.97. The number of hydrazine groups is 1. The maximum atomic E-state index is 11.9. The lowest BCUT2D eigenvalue weighted by Crippen LogP contribution is -2.50. The highest BCUT2D eigenvalue weighted by molar-refractivity contribution is 7.89. The highest BCUT2D eigenvalue weighted by Crippen LogP contribution is 2.17. The first-order chi connectivity index (χ1) is 9.58. The highest BCUT2D eigenvalue weighted by Gasteiger charge is 2.18. The van der Waals surface area contributed by atoms with Crippen molar-refractivity contribution in [3.63, 3.8) is 0 Å². The van der Waals surface area contributed by atoms with Crippen molar-refractivity contribution in [3.05, 3.63) is 30.3 Å². The molecular weight excluding hydrogens is 278 g/mol. The zero-order valence-electron chi connectivity index (χ0n) is 11.1. The smallest absolute Gasteiger partial charge is 0.330 e. The van der Waals surface area contributed by atoms with E-state index in [9.17, 15) is 13.2 Å². The molecule has 2 amide bonds. The van der Waals surface area contributed by atoms with Crippen LogP contribution in [0.4, 0.5) is 4.79 Å². The van der Waals surface area contributed by atoms with Gasteiger partial charge in [0, 0.05) is 6.04 Å². The van der Waals surface area contributed by atoms with Crippen molar-refractivity contribution in [1.82, 2.24) is 15.6 Å². The number of amides is 2. The Bertz CT molecular complexity index is 539. The summed E-state index contributed by atoms with van der Waals surface area (Å²) < 4.78 is 23.8. The topological polar surface area (TPSA) is 87.3 Å². The van der Waals surface area contributed by atoms with E-state index in [0.29, 0.717) is 0 Å². The van der Waals surface area contributed by atoms with Crippen molar-refractivity contribution >= 4 is 16.1 Å². The second-order valence-corrected chi connectivity index (χ2v) is 6.53. The molecular formula is C13H19N3O3S. The quantitative estimate of drug-likeness (QED) is 0.736. The van der Waals surface area contributed by atoms with Crippen molar-refractivity contribution in [2.24, 2.45) is 0 Å². The van der Waals surface area contributed by atoms with Crippen LogP contribution in [0.3, 0.4) is 0 Å². The van der Waals surface area contributed by atoms with E-state index in [4.69, 9.17) is 0 Å². The minimum atomic E-state index is -3.72. The lowest BCUT2D eigenvalue weighted by Gasteiger charge is -2.22. The molecule has 2 rings (SSSR count). The van der Waals surface area contributed by atoms with Gasteiger partial charge in [-0.3, -0.25) is 5.43 Å². The fourth-order valence-electron chi connectivity index (χ4n) is 2.24. The summed E-state index contributed by atoms with van der Waals surface area (Å²) in [6.07, 6.45) is 5.28. The standard InChI is InChI=1S/C13H19N3O3S/c17-13(14-11-7-3-1-4-8-11)15-16-20(18,19)12-9-5-2-6-10-12/h2,5-6,9-11,16H,1,3-4,7-8H2,(H2,14,15,17). The largest absolute Gasteiger partial charge is 0.334 e. The first-order valence-electron chi connectivity index (χ1n) is 6.71. The number of rotatable bonds is 4. The number of carbonyl (C=O) groups excluding carboxylic acids is 1. The van der Waals surface area contributed by atoms with Crippen LogP contribution in [0.2, 0.25) is 0 Å². The summed E-state index contributed by atoms with van der Waals surface area (Å²) in [7, 11) is -3.72. The summed E-state index contributed by atoms with van der Waals surface area (Å²) >= 11 is 0. The average Bonchev–Trinajstić information content (AvgIpc) is 2.47. The second-order valence-electron chi connectivity index (χ2n) is 4.85. The van der Waals surface area contributed by atoms with Crippen molar-refractivity contribution in [1.29, 1.82) is 0 Å². The monoisotopic (exact) mass is 297 g/mol. The zero-order chi connectivity index (χ0) is 14.4. The number of benzene rings is 1. The van der Waals surface area contributed by atoms with Crippen LogP contribution in [0.1, 0.15) is 32.1 Å². The minimum Gasteiger partial charge on any atom is -0.334 e. The Morgan fingerprint density at radius 2 is 1.70 bits per heavy atom. The number of urea groups is 1. The summed E-state index contributed by atoms with van der Waals surface area (Å²) in [5, 5.41) is 2.77. The Balaban J connectivity index is 1.83. The number of hydrogen-bond donors (Lipinski definition) is 3. The van der Waals surface area contributed by atoms with Crippen molar-refractivity contribution in [2.45, 2.75) is 43.0 Å². The van der Waals surface area contributed by atoms with E-state index in [1.807, 2.05) is 0 Å². The van der Waals surface area contributed by atoms with E-state index in [-0.39, 0.29) is 10.9 Å². The van der Waals surface area contributed by atoms with Gasteiger partial charge >= 0.3 is 6.03 Å². The molecule has 0 aromatic heterocycles. The third-order valence-electron chi connectivity index (χ3n) is 3.29. The molecule has 0 aliphatic heterocycles. The van der Waals surface area contributed by atoms with Gasteiger partial charge in [0.1, 0.15) is 0 Å². The predicted octanol–water partition coefficient (Wildman–Crippen LogP) is 1.51. The number of nitrogens with one attached hydrogen (secondary N) is 3. The fraction of sp³-hybridized carbons (Fsp3) is 0.462. The molecule has 0 radical (unpaired) electrons. The molecule has 20 heavy (non-hydrogen) atoms. The first-order valence-corrected chi connectivity index (χ1v) is 8.19. The second kappa shape index (κ2) is 6.71. The van der Waals surface area contributed by atoms with Gasteiger partial charge in [-0.05, 0) is 25.0 Å². The predicted molar refractivity (Wildman–Crippen MR) is 75.3 cm³/mol. The zero-order valence-corrected chi connectivity index (χ0v) is 11.9. The maximum Gasteiger partial charge on any atom is 0.330 e. The molecule has 6 nitrogen and oxygen atoms in total. The molecule has 1 saturated carbocycles. The molecule has 7 heteroatoms. The van der Waals surface area contributed by atoms with Gasteiger partial charge in [0.25, 0.3) is 10.0 Å². The first kappa shape index (κ1) is 14.8. The summed E-state index contributed by atoms with van der Waals surface area (Å²) in [6, 6.07) is 7.50. The minimum absolute atomic E-state index is 0.109. The Morgan fingerprint density at radius 1 is 1.05 bits per heavy atom. The molecule has 0 saturated heterocycles. The average molecular weight is 297 g/mol. The lowest BCUT2D eigenvalue weighted by molar-refractivity contribution is 0.231. The molecule has 1 aromatic carbocycles. The summed E-state index contributed by atoms with van der Waals surface area (Å²) in [6.45, 7) is 0. The van der Waals surface area contributed by atoms with Crippen LogP contribution in [-0.4, -0.2) is 20.5 Å². The van der Waals surface area contributed by atoms with Gasteiger partial charge in [0.05, 0.1) is 4.90 Å². The molecule has 1 fully saturated rings. The van der Waals surface area contributed by atoms with E-state index >= 15 is 0 Å². The Labute approximate surface area is 119 Å². The molecule has 0 atom stereocenters. The molecule has 0 bridgehead atoms. The third-order valence-corrected chi connectivity index (χ3v) is 4.56. The number of hydrogen-bond acceptors (Lipinski definition) is 3. The molecule has 0 heterocycles. The summed E-state index contributed by atoms with van der Waals surface area (Å²) in [5.74, 6) is 0. The highest BCUT2D eigenvalue weighted by atomic mass is 32.2. The van der Waals surface area contributed by atoms with Crippen LogP contribution in [0.5, 0.6) is 0 Å². The molecule has 0 unspecified atom stereocenters. The fourth-order valence-corrected chi connectivity index (χ4v) is 3.10. The number of sulfonamides is 1. The Hall–Kier alpha value is -1.60. The normalized spacial score (nSPS) is 16.6. The SMILES string of the molecule is O=C(NNS(=O)(=O)c1ccccc1)NC1CCCCC1.